The topological polar surface area (TPSA) is 97.0 Å². The third-order valence-corrected chi connectivity index (χ3v) is 6.25. The Balaban J connectivity index is 1.49. The SMILES string of the molecule is Cc1cc(NC(=O)C(NC(=O)Oc2ccc(Cl)s2)c2ccccc2)ccc1N1CCOCC1=O. The van der Waals surface area contributed by atoms with Crippen molar-refractivity contribution in [2.45, 2.75) is 13.0 Å². The highest BCUT2D eigenvalue weighted by Crippen LogP contribution is 2.29. The van der Waals surface area contributed by atoms with Crippen LogP contribution in [0.1, 0.15) is 17.2 Å². The molecule has 1 unspecified atom stereocenters. The summed E-state index contributed by atoms with van der Waals surface area (Å²) >= 11 is 6.99. The van der Waals surface area contributed by atoms with Crippen molar-refractivity contribution in [3.05, 3.63) is 76.1 Å². The second kappa shape index (κ2) is 10.7. The molecule has 0 radical (unpaired) electrons. The van der Waals surface area contributed by atoms with Crippen LogP contribution in [0.25, 0.3) is 0 Å². The summed E-state index contributed by atoms with van der Waals surface area (Å²) in [5.41, 5.74) is 2.72. The number of thiophene rings is 1. The van der Waals surface area contributed by atoms with Crippen molar-refractivity contribution in [3.63, 3.8) is 0 Å². The molecule has 34 heavy (non-hydrogen) atoms. The Labute approximate surface area is 205 Å². The zero-order valence-corrected chi connectivity index (χ0v) is 19.8. The molecular weight excluding hydrogens is 478 g/mol. The average Bonchev–Trinajstić information content (AvgIpc) is 3.23. The Morgan fingerprint density at radius 1 is 1.15 bits per heavy atom. The third-order valence-electron chi connectivity index (χ3n) is 5.14. The van der Waals surface area contributed by atoms with Crippen LogP contribution in [0.3, 0.4) is 0 Å². The number of carbonyl (C=O) groups excluding carboxylic acids is 3. The summed E-state index contributed by atoms with van der Waals surface area (Å²) < 4.78 is 10.9. The van der Waals surface area contributed by atoms with E-state index >= 15 is 0 Å². The van der Waals surface area contributed by atoms with Gasteiger partial charge in [-0.25, -0.2) is 4.79 Å². The van der Waals surface area contributed by atoms with E-state index in [9.17, 15) is 14.4 Å². The van der Waals surface area contributed by atoms with Gasteiger partial charge in [-0.05, 0) is 48.4 Å². The Bertz CT molecular complexity index is 1200. The summed E-state index contributed by atoms with van der Waals surface area (Å²) in [4.78, 5) is 39.5. The normalized spacial score (nSPS) is 14.4. The molecule has 3 amide bonds. The van der Waals surface area contributed by atoms with Crippen LogP contribution in [0.15, 0.2) is 60.7 Å². The molecule has 8 nitrogen and oxygen atoms in total. The van der Waals surface area contributed by atoms with Crippen molar-refractivity contribution in [2.24, 2.45) is 0 Å². The van der Waals surface area contributed by atoms with Crippen molar-refractivity contribution in [1.82, 2.24) is 5.32 Å². The molecule has 1 aliphatic rings. The molecule has 0 saturated carbocycles. The first-order valence-corrected chi connectivity index (χ1v) is 11.7. The lowest BCUT2D eigenvalue weighted by molar-refractivity contribution is -0.125. The minimum atomic E-state index is -0.995. The monoisotopic (exact) mass is 499 g/mol. The third kappa shape index (κ3) is 5.74. The second-order valence-electron chi connectivity index (χ2n) is 7.52. The number of aryl methyl sites for hydroxylation is 1. The number of halogens is 1. The molecule has 0 aliphatic carbocycles. The number of anilines is 2. The van der Waals surface area contributed by atoms with Gasteiger partial charge in [0.2, 0.25) is 0 Å². The first-order chi connectivity index (χ1) is 16.4. The number of hydrogen-bond donors (Lipinski definition) is 2. The van der Waals surface area contributed by atoms with Gasteiger partial charge in [-0.3, -0.25) is 9.59 Å². The maximum atomic E-state index is 13.2. The summed E-state index contributed by atoms with van der Waals surface area (Å²) in [6, 6.07) is 16.3. The predicted molar refractivity (Wildman–Crippen MR) is 131 cm³/mol. The van der Waals surface area contributed by atoms with Crippen LogP contribution in [0, 0.1) is 6.92 Å². The van der Waals surface area contributed by atoms with E-state index in [0.717, 1.165) is 22.6 Å². The Hall–Kier alpha value is -3.40. The zero-order chi connectivity index (χ0) is 24.1. The Kier molecular flexibility index (Phi) is 7.46. The first kappa shape index (κ1) is 23.7. The highest BCUT2D eigenvalue weighted by Gasteiger charge is 2.25. The lowest BCUT2D eigenvalue weighted by Gasteiger charge is -2.28. The van der Waals surface area contributed by atoms with Crippen molar-refractivity contribution in [3.8, 4) is 5.06 Å². The van der Waals surface area contributed by atoms with Crippen LogP contribution < -0.4 is 20.3 Å². The van der Waals surface area contributed by atoms with Gasteiger partial charge in [0, 0.05) is 17.9 Å². The van der Waals surface area contributed by atoms with Gasteiger partial charge in [-0.1, -0.05) is 53.3 Å². The first-order valence-electron chi connectivity index (χ1n) is 10.5. The van der Waals surface area contributed by atoms with Gasteiger partial charge in [0.25, 0.3) is 11.8 Å². The molecule has 10 heteroatoms. The number of benzene rings is 2. The summed E-state index contributed by atoms with van der Waals surface area (Å²) in [5.74, 6) is -0.549. The molecule has 176 valence electrons. The molecule has 0 spiro atoms. The molecular formula is C24H22ClN3O5S. The van der Waals surface area contributed by atoms with E-state index in [-0.39, 0.29) is 12.5 Å². The van der Waals surface area contributed by atoms with Gasteiger partial charge in [-0.2, -0.15) is 0 Å². The van der Waals surface area contributed by atoms with Gasteiger partial charge in [0.1, 0.15) is 12.6 Å². The van der Waals surface area contributed by atoms with Crippen molar-refractivity contribution >= 4 is 52.2 Å². The maximum Gasteiger partial charge on any atom is 0.414 e. The average molecular weight is 500 g/mol. The standard InChI is InChI=1S/C24H22ClN3O5S/c1-15-13-17(7-8-18(15)28-11-12-32-14-20(28)29)26-23(30)22(16-5-3-2-4-6-16)27-24(31)33-21-10-9-19(25)34-21/h2-10,13,22H,11-12,14H2,1H3,(H,26,30)(H,27,31). The fraction of sp³-hybridized carbons (Fsp3) is 0.208. The molecule has 1 atom stereocenters. The zero-order valence-electron chi connectivity index (χ0n) is 18.2. The van der Waals surface area contributed by atoms with Gasteiger partial charge in [0.05, 0.1) is 10.9 Å². The quantitative estimate of drug-likeness (QED) is 0.519. The Morgan fingerprint density at radius 2 is 1.94 bits per heavy atom. The lowest BCUT2D eigenvalue weighted by Crippen LogP contribution is -2.42. The van der Waals surface area contributed by atoms with Crippen LogP contribution >= 0.6 is 22.9 Å². The fourth-order valence-electron chi connectivity index (χ4n) is 3.56. The number of rotatable bonds is 6. The Morgan fingerprint density at radius 3 is 2.62 bits per heavy atom. The number of hydrogen-bond acceptors (Lipinski definition) is 6. The summed E-state index contributed by atoms with van der Waals surface area (Å²) in [6.45, 7) is 2.87. The van der Waals surface area contributed by atoms with Crippen LogP contribution in [0.4, 0.5) is 16.2 Å². The molecule has 1 saturated heterocycles. The van der Waals surface area contributed by atoms with E-state index in [1.165, 1.54) is 0 Å². The van der Waals surface area contributed by atoms with Gasteiger partial charge >= 0.3 is 6.09 Å². The molecule has 4 rings (SSSR count). The fourth-order valence-corrected chi connectivity index (χ4v) is 4.43. The minimum absolute atomic E-state index is 0.0517. The molecule has 2 heterocycles. The van der Waals surface area contributed by atoms with E-state index in [0.29, 0.717) is 33.8 Å². The summed E-state index contributed by atoms with van der Waals surface area (Å²) in [5, 5.41) is 5.78. The summed E-state index contributed by atoms with van der Waals surface area (Å²) in [7, 11) is 0. The van der Waals surface area contributed by atoms with E-state index in [1.807, 2.05) is 13.0 Å². The van der Waals surface area contributed by atoms with Crippen LogP contribution in [0.5, 0.6) is 5.06 Å². The van der Waals surface area contributed by atoms with Crippen LogP contribution in [-0.2, 0) is 14.3 Å². The molecule has 1 aliphatic heterocycles. The second-order valence-corrected chi connectivity index (χ2v) is 9.20. The number of morpholine rings is 1. The largest absolute Gasteiger partial charge is 0.414 e. The highest BCUT2D eigenvalue weighted by atomic mass is 35.5. The van der Waals surface area contributed by atoms with Crippen LogP contribution in [-0.4, -0.2) is 37.7 Å². The maximum absolute atomic E-state index is 13.2. The molecule has 2 N–H and O–H groups in total. The highest BCUT2D eigenvalue weighted by molar-refractivity contribution is 7.17. The smallest absolute Gasteiger partial charge is 0.399 e. The van der Waals surface area contributed by atoms with E-state index < -0.39 is 18.0 Å². The predicted octanol–water partition coefficient (Wildman–Crippen LogP) is 4.54. The minimum Gasteiger partial charge on any atom is -0.399 e. The van der Waals surface area contributed by atoms with E-state index in [1.54, 1.807) is 59.5 Å². The van der Waals surface area contributed by atoms with Crippen molar-refractivity contribution < 1.29 is 23.9 Å². The molecule has 1 fully saturated rings. The van der Waals surface area contributed by atoms with Gasteiger partial charge in [-0.15, -0.1) is 0 Å². The molecule has 0 bridgehead atoms. The van der Waals surface area contributed by atoms with Crippen molar-refractivity contribution in [1.29, 1.82) is 0 Å². The van der Waals surface area contributed by atoms with Crippen LogP contribution in [0.2, 0.25) is 4.34 Å². The molecule has 2 aromatic carbocycles. The molecule has 1 aromatic heterocycles. The number of ether oxygens (including phenoxy) is 2. The number of nitrogens with zero attached hydrogens (tertiary/aromatic N) is 1. The molecule has 3 aromatic rings. The van der Waals surface area contributed by atoms with Gasteiger partial charge in [0.15, 0.2) is 5.06 Å². The number of amides is 3. The van der Waals surface area contributed by atoms with E-state index in [4.69, 9.17) is 21.1 Å². The van der Waals surface area contributed by atoms with Gasteiger partial charge < -0.3 is 25.0 Å². The van der Waals surface area contributed by atoms with E-state index in [2.05, 4.69) is 10.6 Å². The summed E-state index contributed by atoms with van der Waals surface area (Å²) in [6.07, 6.45) is -0.778. The number of carbonyl (C=O) groups is 3. The van der Waals surface area contributed by atoms with Crippen molar-refractivity contribution in [2.75, 3.05) is 30.0 Å². The lowest BCUT2D eigenvalue weighted by atomic mass is 10.1. The number of nitrogens with one attached hydrogen (secondary N) is 2.